The largest absolute Gasteiger partial charge is 0.328 e. The summed E-state index contributed by atoms with van der Waals surface area (Å²) < 4.78 is 0. The molecule has 0 aromatic heterocycles. The average Bonchev–Trinajstić information content (AvgIpc) is 2.24. The number of hydrogen-bond donors (Lipinski definition) is 1. The lowest BCUT2D eigenvalue weighted by molar-refractivity contribution is 0.0931. The smallest absolute Gasteiger partial charge is 0.00672 e. The molecule has 2 fully saturated rings. The van der Waals surface area contributed by atoms with Gasteiger partial charge in [0, 0.05) is 25.2 Å². The van der Waals surface area contributed by atoms with Crippen LogP contribution in [0.5, 0.6) is 0 Å². The van der Waals surface area contributed by atoms with Crippen molar-refractivity contribution in [3.05, 3.63) is 0 Å². The predicted molar refractivity (Wildman–Crippen MR) is 69.4 cm³/mol. The van der Waals surface area contributed by atoms with E-state index in [1.807, 2.05) is 0 Å². The van der Waals surface area contributed by atoms with Crippen LogP contribution in [-0.4, -0.2) is 30.1 Å². The van der Waals surface area contributed by atoms with Crippen molar-refractivity contribution >= 4 is 0 Å². The van der Waals surface area contributed by atoms with E-state index in [2.05, 4.69) is 18.7 Å². The maximum atomic E-state index is 6.07. The predicted octanol–water partition coefficient (Wildman–Crippen LogP) is 2.62. The number of rotatable bonds is 2. The number of nitrogens with two attached hydrogens (primary N) is 1. The van der Waals surface area contributed by atoms with E-state index in [1.54, 1.807) is 0 Å². The van der Waals surface area contributed by atoms with Gasteiger partial charge in [0.15, 0.2) is 0 Å². The summed E-state index contributed by atoms with van der Waals surface area (Å²) in [5, 5.41) is 0. The molecule has 0 aromatic carbocycles. The van der Waals surface area contributed by atoms with Crippen LogP contribution in [0.2, 0.25) is 0 Å². The lowest BCUT2D eigenvalue weighted by Crippen LogP contribution is -2.45. The minimum absolute atomic E-state index is 0.483. The first kappa shape index (κ1) is 12.4. The zero-order valence-electron chi connectivity index (χ0n) is 11.0. The topological polar surface area (TPSA) is 29.3 Å². The molecule has 16 heavy (non-hydrogen) atoms. The van der Waals surface area contributed by atoms with Crippen LogP contribution < -0.4 is 5.73 Å². The van der Waals surface area contributed by atoms with Crippen LogP contribution in [-0.2, 0) is 0 Å². The first-order valence-electron chi connectivity index (χ1n) is 7.14. The average molecular weight is 224 g/mol. The zero-order chi connectivity index (χ0) is 11.5. The second-order valence-corrected chi connectivity index (χ2v) is 6.28. The van der Waals surface area contributed by atoms with Gasteiger partial charge in [0.2, 0.25) is 0 Å². The highest BCUT2D eigenvalue weighted by atomic mass is 15.2. The van der Waals surface area contributed by atoms with E-state index in [1.165, 1.54) is 51.6 Å². The van der Waals surface area contributed by atoms with E-state index in [4.69, 9.17) is 5.73 Å². The number of hydrogen-bond acceptors (Lipinski definition) is 2. The third-order valence-corrected chi connectivity index (χ3v) is 4.56. The normalized spacial score (nSPS) is 42.2. The van der Waals surface area contributed by atoms with Crippen molar-refractivity contribution in [3.63, 3.8) is 0 Å². The Morgan fingerprint density at radius 1 is 1.12 bits per heavy atom. The Labute approximate surface area is 101 Å². The minimum atomic E-state index is 0.483. The summed E-state index contributed by atoms with van der Waals surface area (Å²) in [5.74, 6) is 1.77. The van der Waals surface area contributed by atoms with Gasteiger partial charge < -0.3 is 10.6 Å². The fourth-order valence-corrected chi connectivity index (χ4v) is 3.46. The Bertz CT molecular complexity index is 217. The molecule has 0 radical (unpaired) electrons. The molecule has 2 N–H and O–H groups in total. The monoisotopic (exact) mass is 224 g/mol. The highest BCUT2D eigenvalue weighted by Gasteiger charge is 2.27. The van der Waals surface area contributed by atoms with Crippen LogP contribution >= 0.6 is 0 Å². The molecule has 2 nitrogen and oxygen atoms in total. The molecule has 0 amide bonds. The Balaban J connectivity index is 1.82. The summed E-state index contributed by atoms with van der Waals surface area (Å²) in [5.41, 5.74) is 6.07. The zero-order valence-corrected chi connectivity index (χ0v) is 11.0. The summed E-state index contributed by atoms with van der Waals surface area (Å²) in [6.45, 7) is 7.41. The molecule has 1 saturated heterocycles. The third-order valence-electron chi connectivity index (χ3n) is 4.56. The number of likely N-dealkylation sites (tertiary alicyclic amines) is 1. The van der Waals surface area contributed by atoms with Crippen LogP contribution in [0.15, 0.2) is 0 Å². The fourth-order valence-electron chi connectivity index (χ4n) is 3.46. The van der Waals surface area contributed by atoms with E-state index >= 15 is 0 Å². The Morgan fingerprint density at radius 3 is 2.69 bits per heavy atom. The molecule has 1 aliphatic carbocycles. The molecule has 1 saturated carbocycles. The van der Waals surface area contributed by atoms with Crippen LogP contribution in [0.1, 0.15) is 52.4 Å². The van der Waals surface area contributed by atoms with Crippen molar-refractivity contribution in [1.82, 2.24) is 4.90 Å². The van der Waals surface area contributed by atoms with Crippen molar-refractivity contribution in [2.45, 2.75) is 64.5 Å². The van der Waals surface area contributed by atoms with Crippen LogP contribution in [0.25, 0.3) is 0 Å². The molecule has 2 rings (SSSR count). The minimum Gasteiger partial charge on any atom is -0.328 e. The van der Waals surface area contributed by atoms with Gasteiger partial charge in [-0.05, 0) is 50.9 Å². The summed E-state index contributed by atoms with van der Waals surface area (Å²) in [7, 11) is 0. The van der Waals surface area contributed by atoms with Gasteiger partial charge in [-0.2, -0.15) is 0 Å². The molecule has 1 heterocycles. The van der Waals surface area contributed by atoms with Gasteiger partial charge in [-0.1, -0.05) is 13.3 Å². The molecule has 94 valence electrons. The first-order chi connectivity index (χ1) is 7.65. The maximum Gasteiger partial charge on any atom is 0.00672 e. The van der Waals surface area contributed by atoms with E-state index in [9.17, 15) is 0 Å². The second kappa shape index (κ2) is 5.50. The van der Waals surface area contributed by atoms with Gasteiger partial charge in [0.1, 0.15) is 0 Å². The van der Waals surface area contributed by atoms with Gasteiger partial charge in [0.25, 0.3) is 0 Å². The third kappa shape index (κ3) is 3.21. The molecule has 0 bridgehead atoms. The summed E-state index contributed by atoms with van der Waals surface area (Å²) in [6, 6.07) is 1.28. The molecule has 2 aliphatic rings. The van der Waals surface area contributed by atoms with E-state index in [0.29, 0.717) is 6.04 Å². The molecule has 0 spiro atoms. The lowest BCUT2D eigenvalue weighted by atomic mass is 9.84. The number of piperidine rings is 1. The maximum absolute atomic E-state index is 6.07. The Kier molecular flexibility index (Phi) is 4.26. The Hall–Kier alpha value is -0.0800. The van der Waals surface area contributed by atoms with Gasteiger partial charge in [-0.3, -0.25) is 0 Å². The summed E-state index contributed by atoms with van der Waals surface area (Å²) in [6.07, 6.45) is 8.08. The van der Waals surface area contributed by atoms with Crippen LogP contribution in [0.4, 0.5) is 0 Å². The molecule has 1 aliphatic heterocycles. The molecular formula is C14H28N2. The lowest BCUT2D eigenvalue weighted by Gasteiger charge is -2.40. The van der Waals surface area contributed by atoms with Crippen molar-refractivity contribution in [2.24, 2.45) is 17.6 Å². The SMILES string of the molecule is CC1CCC(C)N(CC2CCCC(N)C2)C1. The standard InChI is InChI=1S/C14H28N2/c1-11-6-7-12(2)16(9-11)10-13-4-3-5-14(15)8-13/h11-14H,3-10,15H2,1-2H3. The van der Waals surface area contributed by atoms with Gasteiger partial charge in [-0.15, -0.1) is 0 Å². The van der Waals surface area contributed by atoms with E-state index < -0.39 is 0 Å². The van der Waals surface area contributed by atoms with E-state index in [0.717, 1.165) is 17.9 Å². The molecule has 2 heteroatoms. The van der Waals surface area contributed by atoms with Gasteiger partial charge >= 0.3 is 0 Å². The van der Waals surface area contributed by atoms with Crippen molar-refractivity contribution in [3.8, 4) is 0 Å². The van der Waals surface area contributed by atoms with E-state index in [-0.39, 0.29) is 0 Å². The van der Waals surface area contributed by atoms with Crippen molar-refractivity contribution < 1.29 is 0 Å². The molecule has 4 atom stereocenters. The van der Waals surface area contributed by atoms with Crippen LogP contribution in [0.3, 0.4) is 0 Å². The quantitative estimate of drug-likeness (QED) is 0.781. The van der Waals surface area contributed by atoms with Gasteiger partial charge in [0.05, 0.1) is 0 Å². The van der Waals surface area contributed by atoms with Crippen LogP contribution in [0, 0.1) is 11.8 Å². The summed E-state index contributed by atoms with van der Waals surface area (Å²) in [4.78, 5) is 2.72. The highest BCUT2D eigenvalue weighted by molar-refractivity contribution is 4.82. The first-order valence-corrected chi connectivity index (χ1v) is 7.14. The van der Waals surface area contributed by atoms with Crippen molar-refractivity contribution in [2.75, 3.05) is 13.1 Å². The Morgan fingerprint density at radius 2 is 1.94 bits per heavy atom. The highest BCUT2D eigenvalue weighted by Crippen LogP contribution is 2.28. The van der Waals surface area contributed by atoms with Crippen molar-refractivity contribution in [1.29, 1.82) is 0 Å². The molecule has 0 aromatic rings. The number of nitrogens with zero attached hydrogens (tertiary/aromatic N) is 1. The molecule has 4 unspecified atom stereocenters. The van der Waals surface area contributed by atoms with Gasteiger partial charge in [-0.25, -0.2) is 0 Å². The fraction of sp³-hybridized carbons (Fsp3) is 1.00. The second-order valence-electron chi connectivity index (χ2n) is 6.28. The summed E-state index contributed by atoms with van der Waals surface area (Å²) >= 11 is 0. The molecular weight excluding hydrogens is 196 g/mol.